The van der Waals surface area contributed by atoms with Gasteiger partial charge in [0.05, 0.1) is 12.5 Å². The second-order valence-electron chi connectivity index (χ2n) is 7.69. The van der Waals surface area contributed by atoms with Crippen molar-refractivity contribution in [2.45, 2.75) is 18.7 Å². The van der Waals surface area contributed by atoms with Crippen molar-refractivity contribution in [3.63, 3.8) is 0 Å². The first-order valence-corrected chi connectivity index (χ1v) is 10.3. The van der Waals surface area contributed by atoms with Gasteiger partial charge in [0.15, 0.2) is 5.60 Å². The van der Waals surface area contributed by atoms with Gasteiger partial charge in [-0.15, -0.1) is 0 Å². The molecule has 2 N–H and O–H groups in total. The van der Waals surface area contributed by atoms with E-state index in [0.717, 1.165) is 11.1 Å². The summed E-state index contributed by atoms with van der Waals surface area (Å²) in [5.41, 5.74) is 0.601. The van der Waals surface area contributed by atoms with Gasteiger partial charge in [-0.2, -0.15) is 0 Å². The average Bonchev–Trinajstić information content (AvgIpc) is 3.10. The summed E-state index contributed by atoms with van der Waals surface area (Å²) in [6, 6.07) is 13.4. The molecule has 0 aliphatic carbocycles. The van der Waals surface area contributed by atoms with Crippen LogP contribution >= 0.6 is 11.6 Å². The third kappa shape index (κ3) is 4.33. The molecule has 4 rings (SSSR count). The van der Waals surface area contributed by atoms with E-state index in [0.29, 0.717) is 44.4 Å². The maximum Gasteiger partial charge on any atom is 0.254 e. The van der Waals surface area contributed by atoms with Crippen molar-refractivity contribution in [2.24, 2.45) is 5.92 Å². The van der Waals surface area contributed by atoms with Gasteiger partial charge in [0, 0.05) is 37.7 Å². The van der Waals surface area contributed by atoms with Crippen LogP contribution in [0, 0.1) is 11.7 Å². The lowest BCUT2D eigenvalue weighted by molar-refractivity contribution is -0.163. The Labute approximate surface area is 179 Å². The Bertz CT molecular complexity index is 922. The van der Waals surface area contributed by atoms with Gasteiger partial charge >= 0.3 is 0 Å². The van der Waals surface area contributed by atoms with Crippen molar-refractivity contribution >= 4 is 23.4 Å². The Hall–Kier alpha value is -2.48. The molecule has 2 saturated heterocycles. The Morgan fingerprint density at radius 3 is 2.60 bits per heavy atom. The van der Waals surface area contributed by atoms with Gasteiger partial charge < -0.3 is 15.4 Å². The molecule has 2 atom stereocenters. The van der Waals surface area contributed by atoms with Gasteiger partial charge in [0.1, 0.15) is 5.82 Å². The van der Waals surface area contributed by atoms with Crippen molar-refractivity contribution in [1.29, 1.82) is 0 Å². The number of carbonyl (C=O) groups is 2. The van der Waals surface area contributed by atoms with Crippen molar-refractivity contribution in [1.82, 2.24) is 15.5 Å². The molecular formula is C22H23ClFN3O3. The fraction of sp³-hybridized carbons (Fsp3) is 0.364. The molecule has 2 amide bonds. The van der Waals surface area contributed by atoms with Crippen molar-refractivity contribution in [3.8, 4) is 0 Å². The number of carbonyl (C=O) groups excluding carboxylic acids is 2. The number of hydrogen-bond acceptors (Lipinski definition) is 4. The summed E-state index contributed by atoms with van der Waals surface area (Å²) < 4.78 is 19.1. The molecule has 0 unspecified atom stereocenters. The SMILES string of the molecule is O=C(NCc1ccc(Cl)cc1)[C@H]1CN(Cc2ccc(F)cc2)C[C@@]12OCCNC2=O. The summed E-state index contributed by atoms with van der Waals surface area (Å²) >= 11 is 5.91. The second kappa shape index (κ2) is 8.71. The number of likely N-dealkylation sites (tertiary alicyclic amines) is 1. The molecule has 30 heavy (non-hydrogen) atoms. The lowest BCUT2D eigenvalue weighted by atomic mass is 9.87. The molecule has 2 heterocycles. The Morgan fingerprint density at radius 2 is 1.90 bits per heavy atom. The minimum Gasteiger partial charge on any atom is -0.361 e. The Balaban J connectivity index is 1.49. The van der Waals surface area contributed by atoms with Crippen LogP contribution in [0.1, 0.15) is 11.1 Å². The highest BCUT2D eigenvalue weighted by atomic mass is 35.5. The van der Waals surface area contributed by atoms with E-state index in [2.05, 4.69) is 10.6 Å². The summed E-state index contributed by atoms with van der Waals surface area (Å²) in [6.07, 6.45) is 0. The van der Waals surface area contributed by atoms with Gasteiger partial charge in [-0.25, -0.2) is 4.39 Å². The normalized spacial score (nSPS) is 24.1. The van der Waals surface area contributed by atoms with E-state index in [1.165, 1.54) is 12.1 Å². The first kappa shape index (κ1) is 20.8. The van der Waals surface area contributed by atoms with Crippen molar-refractivity contribution < 1.29 is 18.7 Å². The maximum absolute atomic E-state index is 13.2. The zero-order valence-electron chi connectivity index (χ0n) is 16.4. The zero-order valence-corrected chi connectivity index (χ0v) is 17.1. The Kier molecular flexibility index (Phi) is 6.04. The highest BCUT2D eigenvalue weighted by Gasteiger charge is 2.57. The van der Waals surface area contributed by atoms with E-state index >= 15 is 0 Å². The number of ether oxygens (including phenoxy) is 1. The number of amides is 2. The van der Waals surface area contributed by atoms with Crippen LogP contribution in [0.2, 0.25) is 5.02 Å². The average molecular weight is 432 g/mol. The van der Waals surface area contributed by atoms with Crippen LogP contribution in [0.25, 0.3) is 0 Å². The Morgan fingerprint density at radius 1 is 1.20 bits per heavy atom. The first-order valence-electron chi connectivity index (χ1n) is 9.87. The first-order chi connectivity index (χ1) is 14.5. The van der Waals surface area contributed by atoms with E-state index in [9.17, 15) is 14.0 Å². The highest BCUT2D eigenvalue weighted by Crippen LogP contribution is 2.34. The molecule has 158 valence electrons. The molecule has 0 saturated carbocycles. The van der Waals surface area contributed by atoms with Crippen LogP contribution in [-0.4, -0.2) is 48.6 Å². The van der Waals surface area contributed by atoms with Crippen LogP contribution in [0.3, 0.4) is 0 Å². The van der Waals surface area contributed by atoms with Crippen molar-refractivity contribution in [3.05, 3.63) is 70.5 Å². The van der Waals surface area contributed by atoms with Gasteiger partial charge in [-0.3, -0.25) is 14.5 Å². The van der Waals surface area contributed by atoms with E-state index < -0.39 is 11.5 Å². The van der Waals surface area contributed by atoms with E-state index in [4.69, 9.17) is 16.3 Å². The molecule has 2 aliphatic heterocycles. The molecule has 2 aromatic rings. The lowest BCUT2D eigenvalue weighted by Crippen LogP contribution is -2.61. The molecule has 6 nitrogen and oxygen atoms in total. The predicted molar refractivity (Wildman–Crippen MR) is 110 cm³/mol. The number of nitrogens with zero attached hydrogens (tertiary/aromatic N) is 1. The standard InChI is InChI=1S/C22H23ClFN3O3/c23-17-5-1-15(2-6-17)11-26-20(28)19-13-27(12-16-3-7-18(24)8-4-16)14-22(19)21(29)25-9-10-30-22/h1-8,19H,9-14H2,(H,25,29)(H,26,28)/t19-,22-/m1/s1. The molecule has 2 aromatic carbocycles. The lowest BCUT2D eigenvalue weighted by Gasteiger charge is -2.36. The molecule has 1 spiro atoms. The minimum absolute atomic E-state index is 0.233. The molecule has 0 radical (unpaired) electrons. The maximum atomic E-state index is 13.2. The van der Waals surface area contributed by atoms with Gasteiger partial charge in [0.25, 0.3) is 5.91 Å². The number of nitrogens with one attached hydrogen (secondary N) is 2. The molecule has 8 heteroatoms. The summed E-state index contributed by atoms with van der Waals surface area (Å²) in [5.74, 6) is -1.44. The topological polar surface area (TPSA) is 70.7 Å². The van der Waals surface area contributed by atoms with Crippen LogP contribution in [0.15, 0.2) is 48.5 Å². The van der Waals surface area contributed by atoms with Crippen LogP contribution in [0.5, 0.6) is 0 Å². The zero-order chi connectivity index (χ0) is 21.1. The second-order valence-corrected chi connectivity index (χ2v) is 8.12. The molecule has 0 aromatic heterocycles. The summed E-state index contributed by atoms with van der Waals surface area (Å²) in [4.78, 5) is 27.9. The largest absolute Gasteiger partial charge is 0.361 e. The number of benzene rings is 2. The minimum atomic E-state index is -1.22. The van der Waals surface area contributed by atoms with E-state index in [1.807, 2.05) is 17.0 Å². The predicted octanol–water partition coefficient (Wildman–Crippen LogP) is 2.11. The third-order valence-electron chi connectivity index (χ3n) is 5.61. The van der Waals surface area contributed by atoms with Crippen molar-refractivity contribution in [2.75, 3.05) is 26.2 Å². The van der Waals surface area contributed by atoms with E-state index in [-0.39, 0.29) is 17.6 Å². The number of halogens is 2. The molecular weight excluding hydrogens is 409 g/mol. The van der Waals surface area contributed by atoms with E-state index in [1.54, 1.807) is 24.3 Å². The van der Waals surface area contributed by atoms with Crippen LogP contribution in [-0.2, 0) is 27.4 Å². The van der Waals surface area contributed by atoms with Crippen LogP contribution in [0.4, 0.5) is 4.39 Å². The number of rotatable bonds is 5. The van der Waals surface area contributed by atoms with Gasteiger partial charge in [-0.1, -0.05) is 35.9 Å². The van der Waals surface area contributed by atoms with Crippen LogP contribution < -0.4 is 10.6 Å². The molecule has 2 fully saturated rings. The molecule has 2 aliphatic rings. The fourth-order valence-corrected chi connectivity index (χ4v) is 4.21. The van der Waals surface area contributed by atoms with Gasteiger partial charge in [0.2, 0.25) is 5.91 Å². The summed E-state index contributed by atoms with van der Waals surface area (Å²) in [5, 5.41) is 6.39. The number of hydrogen-bond donors (Lipinski definition) is 2. The summed E-state index contributed by atoms with van der Waals surface area (Å²) in [6.45, 7) is 2.29. The van der Waals surface area contributed by atoms with Gasteiger partial charge in [-0.05, 0) is 35.4 Å². The molecule has 0 bridgehead atoms. The highest BCUT2D eigenvalue weighted by molar-refractivity contribution is 6.30. The number of morpholine rings is 1. The fourth-order valence-electron chi connectivity index (χ4n) is 4.08. The monoisotopic (exact) mass is 431 g/mol. The quantitative estimate of drug-likeness (QED) is 0.760. The smallest absolute Gasteiger partial charge is 0.254 e. The third-order valence-corrected chi connectivity index (χ3v) is 5.86. The summed E-state index contributed by atoms with van der Waals surface area (Å²) in [7, 11) is 0.